The van der Waals surface area contributed by atoms with Crippen LogP contribution in [0.1, 0.15) is 53.9 Å². The third-order valence-corrected chi connectivity index (χ3v) is 5.62. The monoisotopic (exact) mass is 406 g/mol. The highest BCUT2D eigenvalue weighted by Gasteiger charge is 2.15. The molecule has 0 aromatic carbocycles. The molecule has 0 aliphatic carbocycles. The van der Waals surface area contributed by atoms with Gasteiger partial charge < -0.3 is 10.6 Å². The van der Waals surface area contributed by atoms with E-state index in [0.717, 1.165) is 53.6 Å². The van der Waals surface area contributed by atoms with E-state index in [1.54, 1.807) is 11.8 Å². The average molecular weight is 407 g/mol. The number of nitrogens with one attached hydrogen (secondary N) is 2. The van der Waals surface area contributed by atoms with Crippen molar-refractivity contribution in [1.82, 2.24) is 25.1 Å². The molecule has 0 unspecified atom stereocenters. The molecule has 0 spiro atoms. The largest absolute Gasteiger partial charge is 0.369 e. The second-order valence-electron chi connectivity index (χ2n) is 7.39. The number of rotatable bonds is 12. The molecule has 28 heavy (non-hydrogen) atoms. The van der Waals surface area contributed by atoms with Crippen LogP contribution in [-0.4, -0.2) is 44.5 Å². The van der Waals surface area contributed by atoms with Gasteiger partial charge in [0.25, 0.3) is 0 Å². The molecule has 2 aromatic heterocycles. The molecular formula is C20H34N6OS. The highest BCUT2D eigenvalue weighted by Crippen LogP contribution is 2.25. The van der Waals surface area contributed by atoms with Crippen molar-refractivity contribution in [2.75, 3.05) is 24.2 Å². The summed E-state index contributed by atoms with van der Waals surface area (Å²) in [5.41, 5.74) is 0.816. The van der Waals surface area contributed by atoms with E-state index in [2.05, 4.69) is 36.5 Å². The van der Waals surface area contributed by atoms with Crippen molar-refractivity contribution in [3.8, 4) is 0 Å². The Morgan fingerprint density at radius 2 is 1.96 bits per heavy atom. The molecule has 2 aromatic rings. The van der Waals surface area contributed by atoms with Gasteiger partial charge in [0.05, 0.1) is 18.1 Å². The number of amides is 1. The summed E-state index contributed by atoms with van der Waals surface area (Å²) < 4.78 is 1.86. The Morgan fingerprint density at radius 1 is 1.21 bits per heavy atom. The third-order valence-electron chi connectivity index (χ3n) is 4.57. The lowest BCUT2D eigenvalue weighted by Crippen LogP contribution is -2.32. The quantitative estimate of drug-likeness (QED) is 0.410. The van der Waals surface area contributed by atoms with Crippen LogP contribution >= 0.6 is 11.8 Å². The summed E-state index contributed by atoms with van der Waals surface area (Å²) >= 11 is 1.66. The minimum absolute atomic E-state index is 0.0839. The summed E-state index contributed by atoms with van der Waals surface area (Å²) in [6, 6.07) is 0. The molecule has 2 rings (SSSR count). The lowest BCUT2D eigenvalue weighted by atomic mass is 10.0. The smallest absolute Gasteiger partial charge is 0.223 e. The van der Waals surface area contributed by atoms with Gasteiger partial charge in [0.2, 0.25) is 5.91 Å². The first-order valence-corrected chi connectivity index (χ1v) is 11.4. The number of fused-ring (bicyclic) bond motifs is 1. The molecule has 1 amide bonds. The van der Waals surface area contributed by atoms with Crippen LogP contribution in [0, 0.1) is 11.8 Å². The minimum Gasteiger partial charge on any atom is -0.369 e. The fourth-order valence-corrected chi connectivity index (χ4v) is 3.57. The van der Waals surface area contributed by atoms with Gasteiger partial charge in [-0.25, -0.2) is 14.6 Å². The molecule has 2 heterocycles. The molecule has 0 saturated heterocycles. The molecule has 0 bridgehead atoms. The number of anilines is 1. The Bertz CT molecular complexity index is 756. The van der Waals surface area contributed by atoms with Crippen molar-refractivity contribution in [2.45, 2.75) is 65.6 Å². The number of aromatic nitrogens is 4. The van der Waals surface area contributed by atoms with E-state index in [1.165, 1.54) is 0 Å². The van der Waals surface area contributed by atoms with Crippen molar-refractivity contribution in [2.24, 2.45) is 11.8 Å². The van der Waals surface area contributed by atoms with Gasteiger partial charge in [0.15, 0.2) is 10.8 Å². The average Bonchev–Trinajstić information content (AvgIpc) is 3.08. The van der Waals surface area contributed by atoms with Crippen molar-refractivity contribution >= 4 is 34.5 Å². The standard InChI is InChI=1S/C20H34N6OS/c1-6-11-28-20-24-17(22-12-14(4)5)16-13-23-26(18(16)25-20)10-9-21-19(27)15(7-2)8-3/h13-15H,6-12H2,1-5H3,(H,21,27)(H,22,24,25). The summed E-state index contributed by atoms with van der Waals surface area (Å²) in [6.07, 6.45) is 4.61. The van der Waals surface area contributed by atoms with Crippen LogP contribution in [0.4, 0.5) is 5.82 Å². The zero-order chi connectivity index (χ0) is 20.5. The van der Waals surface area contributed by atoms with E-state index in [1.807, 2.05) is 24.7 Å². The zero-order valence-corrected chi connectivity index (χ0v) is 18.6. The van der Waals surface area contributed by atoms with Crippen LogP contribution in [0.3, 0.4) is 0 Å². The van der Waals surface area contributed by atoms with Crippen LogP contribution in [0.15, 0.2) is 11.4 Å². The second-order valence-corrected chi connectivity index (χ2v) is 8.45. The first-order valence-electron chi connectivity index (χ1n) is 10.4. The van der Waals surface area contributed by atoms with E-state index in [-0.39, 0.29) is 11.8 Å². The van der Waals surface area contributed by atoms with Crippen molar-refractivity contribution < 1.29 is 4.79 Å². The molecule has 156 valence electrons. The maximum Gasteiger partial charge on any atom is 0.223 e. The lowest BCUT2D eigenvalue weighted by molar-refractivity contribution is -0.125. The van der Waals surface area contributed by atoms with E-state index in [0.29, 0.717) is 19.0 Å². The Balaban J connectivity index is 2.17. The normalized spacial score (nSPS) is 11.5. The summed E-state index contributed by atoms with van der Waals surface area (Å²) in [5.74, 6) is 2.54. The van der Waals surface area contributed by atoms with Gasteiger partial charge in [-0.1, -0.05) is 46.4 Å². The predicted molar refractivity (Wildman–Crippen MR) is 117 cm³/mol. The molecule has 0 aliphatic heterocycles. The molecule has 0 saturated carbocycles. The first kappa shape index (κ1) is 22.5. The van der Waals surface area contributed by atoms with E-state index < -0.39 is 0 Å². The SMILES string of the molecule is CCCSc1nc(NCC(C)C)c2cnn(CCNC(=O)C(CC)CC)c2n1. The fraction of sp³-hybridized carbons (Fsp3) is 0.700. The number of thioether (sulfide) groups is 1. The van der Waals surface area contributed by atoms with Gasteiger partial charge in [0, 0.05) is 24.8 Å². The second kappa shape index (κ2) is 11.2. The van der Waals surface area contributed by atoms with Crippen molar-refractivity contribution in [1.29, 1.82) is 0 Å². The van der Waals surface area contributed by atoms with E-state index in [9.17, 15) is 4.79 Å². The summed E-state index contributed by atoms with van der Waals surface area (Å²) in [5, 5.41) is 12.7. The molecular weight excluding hydrogens is 372 g/mol. The number of hydrogen-bond donors (Lipinski definition) is 2. The summed E-state index contributed by atoms with van der Waals surface area (Å²) in [4.78, 5) is 21.6. The third kappa shape index (κ3) is 6.09. The van der Waals surface area contributed by atoms with Crippen LogP contribution in [0.2, 0.25) is 0 Å². The Labute approximate surface area is 172 Å². The van der Waals surface area contributed by atoms with Gasteiger partial charge in [-0.05, 0) is 25.2 Å². The van der Waals surface area contributed by atoms with Gasteiger partial charge in [-0.2, -0.15) is 5.10 Å². The van der Waals surface area contributed by atoms with E-state index >= 15 is 0 Å². The number of hydrogen-bond acceptors (Lipinski definition) is 6. The topological polar surface area (TPSA) is 84.7 Å². The maximum absolute atomic E-state index is 12.2. The molecule has 7 nitrogen and oxygen atoms in total. The summed E-state index contributed by atoms with van der Waals surface area (Å²) in [6.45, 7) is 12.6. The molecule has 0 atom stereocenters. The Hall–Kier alpha value is -1.83. The number of nitrogens with zero attached hydrogens (tertiary/aromatic N) is 4. The lowest BCUT2D eigenvalue weighted by Gasteiger charge is -2.13. The maximum atomic E-state index is 12.2. The van der Waals surface area contributed by atoms with Crippen LogP contribution in [0.25, 0.3) is 11.0 Å². The number of carbonyl (C=O) groups excluding carboxylic acids is 1. The molecule has 2 N–H and O–H groups in total. The molecule has 0 fully saturated rings. The van der Waals surface area contributed by atoms with Gasteiger partial charge in [-0.15, -0.1) is 0 Å². The summed E-state index contributed by atoms with van der Waals surface area (Å²) in [7, 11) is 0. The molecule has 8 heteroatoms. The Kier molecular flexibility index (Phi) is 9.02. The molecule has 0 radical (unpaired) electrons. The minimum atomic E-state index is 0.0839. The first-order chi connectivity index (χ1) is 13.5. The van der Waals surface area contributed by atoms with Gasteiger partial charge >= 0.3 is 0 Å². The highest BCUT2D eigenvalue weighted by molar-refractivity contribution is 7.99. The van der Waals surface area contributed by atoms with Crippen molar-refractivity contribution in [3.05, 3.63) is 6.20 Å². The predicted octanol–water partition coefficient (Wildman–Crippen LogP) is 3.95. The van der Waals surface area contributed by atoms with Crippen molar-refractivity contribution in [3.63, 3.8) is 0 Å². The van der Waals surface area contributed by atoms with Crippen LogP contribution in [0.5, 0.6) is 0 Å². The van der Waals surface area contributed by atoms with Gasteiger partial charge in [-0.3, -0.25) is 4.79 Å². The zero-order valence-electron chi connectivity index (χ0n) is 17.8. The molecule has 0 aliphatic rings. The number of carbonyl (C=O) groups is 1. The van der Waals surface area contributed by atoms with Gasteiger partial charge in [0.1, 0.15) is 5.82 Å². The van der Waals surface area contributed by atoms with E-state index in [4.69, 9.17) is 9.97 Å². The van der Waals surface area contributed by atoms with Crippen LogP contribution in [-0.2, 0) is 11.3 Å². The highest BCUT2D eigenvalue weighted by atomic mass is 32.2. The Morgan fingerprint density at radius 3 is 2.61 bits per heavy atom. The fourth-order valence-electron chi connectivity index (χ4n) is 2.88. The van der Waals surface area contributed by atoms with Crippen LogP contribution < -0.4 is 10.6 Å².